The molecule has 8 nitrogen and oxygen atoms in total. The Kier molecular flexibility index (Phi) is 4.08. The van der Waals surface area contributed by atoms with E-state index in [2.05, 4.69) is 0 Å². The fraction of sp³-hybridized carbons (Fsp3) is 1.00. The Bertz CT molecular complexity index is 162. The average molecular weight is 180 g/mol. The highest BCUT2D eigenvalue weighted by Gasteiger charge is 2.39. The van der Waals surface area contributed by atoms with Crippen molar-refractivity contribution in [2.24, 2.45) is 0 Å². The van der Waals surface area contributed by atoms with Gasteiger partial charge in [0.15, 0.2) is 0 Å². The van der Waals surface area contributed by atoms with Crippen molar-refractivity contribution in [1.29, 1.82) is 0 Å². The molecule has 0 aliphatic rings. The molecule has 0 fully saturated rings. The minimum absolute atomic E-state index is 0.959. The normalized spacial score (nSPS) is 15.2. The van der Waals surface area contributed by atoms with Gasteiger partial charge in [0.05, 0.1) is 0 Å². The number of hydrogen-bond donors (Lipinski definition) is 2. The monoisotopic (exact) mass is 180 g/mol. The molecule has 0 saturated heterocycles. The summed E-state index contributed by atoms with van der Waals surface area (Å²) in [6, 6.07) is -3.49. The van der Waals surface area contributed by atoms with Crippen LogP contribution in [0.25, 0.3) is 0 Å². The lowest BCUT2D eigenvalue weighted by Crippen LogP contribution is -2.44. The Morgan fingerprint density at radius 2 is 1.25 bits per heavy atom. The van der Waals surface area contributed by atoms with Crippen LogP contribution in [0.15, 0.2) is 0 Å². The van der Waals surface area contributed by atoms with Gasteiger partial charge in [-0.25, -0.2) is 0 Å². The third-order valence-electron chi connectivity index (χ3n) is 1.36. The number of hydrogen-bond acceptors (Lipinski definition) is 6. The molecule has 0 radical (unpaired) electrons. The molecule has 0 saturated carbocycles. The van der Waals surface area contributed by atoms with E-state index in [1.54, 1.807) is 0 Å². The molecule has 2 N–H and O–H groups in total. The second-order valence-electron chi connectivity index (χ2n) is 2.07. The van der Waals surface area contributed by atoms with Crippen molar-refractivity contribution in [3.63, 3.8) is 0 Å². The highest BCUT2D eigenvalue weighted by Crippen LogP contribution is 2.00. The van der Waals surface area contributed by atoms with E-state index in [1.165, 1.54) is 0 Å². The van der Waals surface area contributed by atoms with E-state index in [4.69, 9.17) is 10.2 Å². The number of aliphatic hydroxyl groups is 2. The molecule has 0 spiro atoms. The first-order valence-corrected chi connectivity index (χ1v) is 3.03. The van der Waals surface area contributed by atoms with Gasteiger partial charge < -0.3 is 10.2 Å². The van der Waals surface area contributed by atoms with Crippen molar-refractivity contribution in [2.45, 2.75) is 12.1 Å². The van der Waals surface area contributed by atoms with E-state index >= 15 is 0 Å². The van der Waals surface area contributed by atoms with E-state index < -0.39 is 35.1 Å². The van der Waals surface area contributed by atoms with Gasteiger partial charge >= 0.3 is 12.1 Å². The Labute approximate surface area is 66.7 Å². The van der Waals surface area contributed by atoms with Crippen molar-refractivity contribution in [1.82, 2.24) is 0 Å². The molecule has 0 aromatic heterocycles. The van der Waals surface area contributed by atoms with E-state index in [1.807, 2.05) is 0 Å². The molecule has 0 rings (SSSR count). The van der Waals surface area contributed by atoms with Crippen LogP contribution >= 0.6 is 0 Å². The van der Waals surface area contributed by atoms with E-state index in [0.717, 1.165) is 0 Å². The minimum atomic E-state index is -1.75. The second-order valence-corrected chi connectivity index (χ2v) is 2.07. The number of nitrogens with zero attached hydrogens (tertiary/aromatic N) is 2. The number of rotatable bonds is 5. The fourth-order valence-electron chi connectivity index (χ4n) is 0.658. The van der Waals surface area contributed by atoms with Gasteiger partial charge in [0.25, 0.3) is 0 Å². The van der Waals surface area contributed by atoms with E-state index in [-0.39, 0.29) is 0 Å². The van der Waals surface area contributed by atoms with Crippen LogP contribution in [0.5, 0.6) is 0 Å². The maximum absolute atomic E-state index is 10.1. The SMILES string of the molecule is O=[N+]([O-])[C@@H](CO)[C@H](CO)[N+](=O)[O-]. The molecule has 0 amide bonds. The summed E-state index contributed by atoms with van der Waals surface area (Å²) in [6.07, 6.45) is 0. The number of nitro groups is 2. The topological polar surface area (TPSA) is 127 Å². The second kappa shape index (κ2) is 4.57. The summed E-state index contributed by atoms with van der Waals surface area (Å²) in [6.45, 7) is -1.92. The molecule has 70 valence electrons. The zero-order valence-corrected chi connectivity index (χ0v) is 5.99. The summed E-state index contributed by atoms with van der Waals surface area (Å²) in [4.78, 5) is 18.2. The van der Waals surface area contributed by atoms with Crippen LogP contribution in [-0.4, -0.2) is 45.4 Å². The summed E-state index contributed by atoms with van der Waals surface area (Å²) in [5.41, 5.74) is 0. The molecule has 12 heavy (non-hydrogen) atoms. The van der Waals surface area contributed by atoms with Gasteiger partial charge in [-0.2, -0.15) is 0 Å². The average Bonchev–Trinajstić information content (AvgIpc) is 1.98. The summed E-state index contributed by atoms with van der Waals surface area (Å²) in [5.74, 6) is 0. The number of aliphatic hydroxyl groups excluding tert-OH is 2. The molecule has 2 atom stereocenters. The van der Waals surface area contributed by atoms with Crippen LogP contribution < -0.4 is 0 Å². The molecule has 8 heteroatoms. The summed E-state index contributed by atoms with van der Waals surface area (Å²) in [7, 11) is 0. The van der Waals surface area contributed by atoms with Gasteiger partial charge in [-0.1, -0.05) is 0 Å². The molecule has 0 aromatic carbocycles. The molecule has 0 aliphatic heterocycles. The van der Waals surface area contributed by atoms with E-state index in [9.17, 15) is 20.2 Å². The zero-order chi connectivity index (χ0) is 9.72. The van der Waals surface area contributed by atoms with Gasteiger partial charge in [0, 0.05) is 9.85 Å². The van der Waals surface area contributed by atoms with Gasteiger partial charge in [0.2, 0.25) is 0 Å². The lowest BCUT2D eigenvalue weighted by Gasteiger charge is -2.09. The third kappa shape index (κ3) is 2.40. The van der Waals surface area contributed by atoms with Crippen LogP contribution in [0.2, 0.25) is 0 Å². The quantitative estimate of drug-likeness (QED) is 0.382. The Morgan fingerprint density at radius 3 is 1.33 bits per heavy atom. The van der Waals surface area contributed by atoms with Gasteiger partial charge in [-0.15, -0.1) is 0 Å². The van der Waals surface area contributed by atoms with Crippen LogP contribution in [0.1, 0.15) is 0 Å². The van der Waals surface area contributed by atoms with Gasteiger partial charge in [-0.05, 0) is 0 Å². The molecule has 0 bridgehead atoms. The maximum atomic E-state index is 10.1. The first kappa shape index (κ1) is 10.7. The molecular formula is C4H8N2O6. The molecular weight excluding hydrogens is 172 g/mol. The first-order chi connectivity index (χ1) is 5.54. The fourth-order valence-corrected chi connectivity index (χ4v) is 0.658. The van der Waals surface area contributed by atoms with Crippen LogP contribution in [0, 0.1) is 20.2 Å². The highest BCUT2D eigenvalue weighted by molar-refractivity contribution is 4.66. The smallest absolute Gasteiger partial charge is 0.303 e. The van der Waals surface area contributed by atoms with Crippen molar-refractivity contribution >= 4 is 0 Å². The van der Waals surface area contributed by atoms with Crippen molar-refractivity contribution in [2.75, 3.05) is 13.2 Å². The van der Waals surface area contributed by atoms with E-state index in [0.29, 0.717) is 0 Å². The summed E-state index contributed by atoms with van der Waals surface area (Å²) < 4.78 is 0. The van der Waals surface area contributed by atoms with Gasteiger partial charge in [0.1, 0.15) is 13.2 Å². The minimum Gasteiger partial charge on any atom is -0.389 e. The maximum Gasteiger partial charge on any atom is 0.303 e. The molecule has 0 aromatic rings. The first-order valence-electron chi connectivity index (χ1n) is 3.03. The lowest BCUT2D eigenvalue weighted by molar-refractivity contribution is -0.620. The van der Waals surface area contributed by atoms with Crippen molar-refractivity contribution < 1.29 is 20.1 Å². The van der Waals surface area contributed by atoms with Crippen molar-refractivity contribution in [3.8, 4) is 0 Å². The van der Waals surface area contributed by atoms with Crippen LogP contribution in [0.4, 0.5) is 0 Å². The Hall–Kier alpha value is -1.28. The largest absolute Gasteiger partial charge is 0.389 e. The Balaban J connectivity index is 4.44. The summed E-state index contributed by atoms with van der Waals surface area (Å²) in [5, 5.41) is 36.9. The summed E-state index contributed by atoms with van der Waals surface area (Å²) >= 11 is 0. The predicted molar refractivity (Wildman–Crippen MR) is 35.7 cm³/mol. The predicted octanol–water partition coefficient (Wildman–Crippen LogP) is -1.74. The lowest BCUT2D eigenvalue weighted by atomic mass is 10.1. The molecule has 0 aliphatic carbocycles. The van der Waals surface area contributed by atoms with Crippen LogP contribution in [0.3, 0.4) is 0 Å². The molecule has 0 heterocycles. The third-order valence-corrected chi connectivity index (χ3v) is 1.36. The van der Waals surface area contributed by atoms with Gasteiger partial charge in [-0.3, -0.25) is 20.2 Å². The zero-order valence-electron chi connectivity index (χ0n) is 5.99. The Morgan fingerprint density at radius 1 is 1.00 bits per heavy atom. The molecule has 0 unspecified atom stereocenters. The van der Waals surface area contributed by atoms with Crippen molar-refractivity contribution in [3.05, 3.63) is 20.2 Å². The van der Waals surface area contributed by atoms with Crippen LogP contribution in [-0.2, 0) is 0 Å². The highest BCUT2D eigenvalue weighted by atomic mass is 16.6. The standard InChI is InChI=1S/C4H8N2O6/c7-1-3(5(9)10)4(2-8)6(11)12/h3-4,7-8H,1-2H2/t3-,4-/m0/s1.